The first-order chi connectivity index (χ1) is 6.18. The van der Waals surface area contributed by atoms with Crippen LogP contribution in [0.5, 0.6) is 0 Å². The lowest BCUT2D eigenvalue weighted by Crippen LogP contribution is -2.42. The fourth-order valence-electron chi connectivity index (χ4n) is 1.77. The van der Waals surface area contributed by atoms with E-state index in [1.165, 1.54) is 0 Å². The molecular weight excluding hydrogens is 207 g/mol. The van der Waals surface area contributed by atoms with Gasteiger partial charge in [-0.15, -0.1) is 12.4 Å². The van der Waals surface area contributed by atoms with Crippen LogP contribution in [0.25, 0.3) is 0 Å². The molecule has 0 spiro atoms. The average molecular weight is 223 g/mol. The molecule has 1 aliphatic heterocycles. The molecule has 1 N–H and O–H groups in total. The lowest BCUT2D eigenvalue weighted by atomic mass is 10.2. The van der Waals surface area contributed by atoms with E-state index in [2.05, 4.69) is 5.32 Å². The summed E-state index contributed by atoms with van der Waals surface area (Å²) in [5, 5.41) is 2.90. The molecule has 5 heteroatoms. The maximum atomic E-state index is 12.8. The smallest absolute Gasteiger partial charge is 0.239 e. The van der Waals surface area contributed by atoms with Gasteiger partial charge in [-0.25, -0.2) is 4.39 Å². The van der Waals surface area contributed by atoms with Crippen LogP contribution in [-0.4, -0.2) is 42.7 Å². The number of carbonyl (C=O) groups is 1. The van der Waals surface area contributed by atoms with E-state index in [1.807, 2.05) is 7.05 Å². The highest BCUT2D eigenvalue weighted by molar-refractivity contribution is 5.85. The van der Waals surface area contributed by atoms with E-state index in [1.54, 1.807) is 4.90 Å². The van der Waals surface area contributed by atoms with Crippen molar-refractivity contribution in [1.82, 2.24) is 10.2 Å². The van der Waals surface area contributed by atoms with Gasteiger partial charge in [0.2, 0.25) is 5.91 Å². The third-order valence-corrected chi connectivity index (χ3v) is 2.82. The summed E-state index contributed by atoms with van der Waals surface area (Å²) in [6.07, 6.45) is 1.71. The Labute approximate surface area is 89.4 Å². The summed E-state index contributed by atoms with van der Waals surface area (Å²) in [5.41, 5.74) is 0. The van der Waals surface area contributed by atoms with Crippen LogP contribution < -0.4 is 5.32 Å². The third-order valence-electron chi connectivity index (χ3n) is 2.82. The Kier molecular flexibility index (Phi) is 3.72. The van der Waals surface area contributed by atoms with Gasteiger partial charge >= 0.3 is 0 Å². The molecule has 1 amide bonds. The maximum absolute atomic E-state index is 12.8. The largest absolute Gasteiger partial charge is 0.341 e. The molecule has 0 aromatic rings. The lowest BCUT2D eigenvalue weighted by molar-refractivity contribution is -0.132. The number of likely N-dealkylation sites (N-methyl/N-ethyl adjacent to an activating group) is 1. The second-order valence-corrected chi connectivity index (χ2v) is 3.97. The van der Waals surface area contributed by atoms with Gasteiger partial charge in [-0.05, 0) is 12.8 Å². The number of alkyl halides is 1. The molecule has 2 fully saturated rings. The highest BCUT2D eigenvalue weighted by Gasteiger charge is 2.36. The van der Waals surface area contributed by atoms with Crippen molar-refractivity contribution in [2.75, 3.05) is 13.6 Å². The lowest BCUT2D eigenvalue weighted by Gasteiger charge is -2.20. The minimum atomic E-state index is -0.846. The van der Waals surface area contributed by atoms with Gasteiger partial charge in [-0.1, -0.05) is 0 Å². The summed E-state index contributed by atoms with van der Waals surface area (Å²) in [6, 6.07) is 0.147. The van der Waals surface area contributed by atoms with E-state index in [0.29, 0.717) is 19.0 Å². The zero-order chi connectivity index (χ0) is 9.42. The van der Waals surface area contributed by atoms with Crippen molar-refractivity contribution in [3.8, 4) is 0 Å². The van der Waals surface area contributed by atoms with E-state index in [-0.39, 0.29) is 24.4 Å². The summed E-state index contributed by atoms with van der Waals surface area (Å²) in [6.45, 7) is 0.328. The van der Waals surface area contributed by atoms with Crippen LogP contribution in [0.3, 0.4) is 0 Å². The van der Waals surface area contributed by atoms with E-state index >= 15 is 0 Å². The first kappa shape index (κ1) is 11.7. The Morgan fingerprint density at radius 3 is 2.57 bits per heavy atom. The van der Waals surface area contributed by atoms with E-state index < -0.39 is 6.17 Å². The zero-order valence-corrected chi connectivity index (χ0v) is 9.02. The van der Waals surface area contributed by atoms with Gasteiger partial charge in [-0.3, -0.25) is 4.79 Å². The average Bonchev–Trinajstić information content (AvgIpc) is 2.87. The first-order valence-electron chi connectivity index (χ1n) is 4.82. The number of nitrogens with one attached hydrogen (secondary N) is 1. The fraction of sp³-hybridized carbons (Fsp3) is 0.889. The van der Waals surface area contributed by atoms with Crippen LogP contribution in [-0.2, 0) is 4.79 Å². The standard InChI is InChI=1S/C9H15FN2O.ClH/c1-12(7-2-3-7)9(13)8-4-6(10)5-11-8;/h6-8,11H,2-5H2,1H3;1H/t6-,8+;/m0./s1. The molecule has 2 atom stereocenters. The molecule has 2 rings (SSSR count). The summed E-state index contributed by atoms with van der Waals surface area (Å²) in [4.78, 5) is 13.4. The number of hydrogen-bond donors (Lipinski definition) is 1. The van der Waals surface area contributed by atoms with E-state index in [4.69, 9.17) is 0 Å². The molecule has 1 saturated carbocycles. The second-order valence-electron chi connectivity index (χ2n) is 3.97. The van der Waals surface area contributed by atoms with E-state index in [9.17, 15) is 9.18 Å². The van der Waals surface area contributed by atoms with E-state index in [0.717, 1.165) is 12.8 Å². The third kappa shape index (κ3) is 2.36. The SMILES string of the molecule is CN(C(=O)[C@H]1C[C@H](F)CN1)C1CC1.Cl. The van der Waals surface area contributed by atoms with Gasteiger partial charge in [0.05, 0.1) is 6.04 Å². The summed E-state index contributed by atoms with van der Waals surface area (Å²) in [7, 11) is 1.81. The van der Waals surface area contributed by atoms with Crippen LogP contribution >= 0.6 is 12.4 Å². The number of halogens is 2. The molecule has 14 heavy (non-hydrogen) atoms. The van der Waals surface area contributed by atoms with Crippen LogP contribution in [0.15, 0.2) is 0 Å². The monoisotopic (exact) mass is 222 g/mol. The number of rotatable bonds is 2. The molecule has 1 saturated heterocycles. The van der Waals surface area contributed by atoms with Gasteiger partial charge in [0.1, 0.15) is 6.17 Å². The Morgan fingerprint density at radius 1 is 1.50 bits per heavy atom. The molecule has 0 aromatic carbocycles. The summed E-state index contributed by atoms with van der Waals surface area (Å²) >= 11 is 0. The minimum Gasteiger partial charge on any atom is -0.341 e. The van der Waals surface area contributed by atoms with Crippen LogP contribution in [0.1, 0.15) is 19.3 Å². The van der Waals surface area contributed by atoms with Crippen molar-refractivity contribution in [3.63, 3.8) is 0 Å². The van der Waals surface area contributed by atoms with Gasteiger partial charge < -0.3 is 10.2 Å². The van der Waals surface area contributed by atoms with Crippen molar-refractivity contribution in [1.29, 1.82) is 0 Å². The van der Waals surface area contributed by atoms with Crippen molar-refractivity contribution in [3.05, 3.63) is 0 Å². The maximum Gasteiger partial charge on any atom is 0.239 e. The van der Waals surface area contributed by atoms with Crippen molar-refractivity contribution in [2.45, 2.75) is 37.5 Å². The van der Waals surface area contributed by atoms with Crippen LogP contribution in [0, 0.1) is 0 Å². The highest BCUT2D eigenvalue weighted by Crippen LogP contribution is 2.26. The molecule has 0 bridgehead atoms. The quantitative estimate of drug-likeness (QED) is 0.747. The zero-order valence-electron chi connectivity index (χ0n) is 8.20. The Bertz CT molecular complexity index is 223. The molecular formula is C9H16ClFN2O. The molecule has 0 radical (unpaired) electrons. The van der Waals surface area contributed by atoms with Crippen molar-refractivity contribution >= 4 is 18.3 Å². The normalized spacial score (nSPS) is 31.0. The predicted molar refractivity (Wildman–Crippen MR) is 54.3 cm³/mol. The molecule has 82 valence electrons. The summed E-state index contributed by atoms with van der Waals surface area (Å²) < 4.78 is 12.8. The molecule has 1 heterocycles. The number of amides is 1. The molecule has 3 nitrogen and oxygen atoms in total. The van der Waals surface area contributed by atoms with Gasteiger partial charge in [0, 0.05) is 26.1 Å². The number of carbonyl (C=O) groups excluding carboxylic acids is 1. The molecule has 0 aromatic heterocycles. The highest BCUT2D eigenvalue weighted by atomic mass is 35.5. The minimum absolute atomic E-state index is 0. The second kappa shape index (κ2) is 4.45. The Balaban J connectivity index is 0.000000980. The molecule has 0 unspecified atom stereocenters. The van der Waals surface area contributed by atoms with Gasteiger partial charge in [0.15, 0.2) is 0 Å². The Hall–Kier alpha value is -0.350. The van der Waals surface area contributed by atoms with Gasteiger partial charge in [0.25, 0.3) is 0 Å². The number of nitrogens with zero attached hydrogens (tertiary/aromatic N) is 1. The topological polar surface area (TPSA) is 32.3 Å². The van der Waals surface area contributed by atoms with Crippen molar-refractivity contribution in [2.24, 2.45) is 0 Å². The fourth-order valence-corrected chi connectivity index (χ4v) is 1.77. The van der Waals surface area contributed by atoms with Crippen LogP contribution in [0.2, 0.25) is 0 Å². The van der Waals surface area contributed by atoms with Gasteiger partial charge in [-0.2, -0.15) is 0 Å². The Morgan fingerprint density at radius 2 is 2.14 bits per heavy atom. The van der Waals surface area contributed by atoms with Crippen molar-refractivity contribution < 1.29 is 9.18 Å². The van der Waals surface area contributed by atoms with Crippen LogP contribution in [0.4, 0.5) is 4.39 Å². The number of hydrogen-bond acceptors (Lipinski definition) is 2. The first-order valence-corrected chi connectivity index (χ1v) is 4.82. The predicted octanol–water partition coefficient (Wildman–Crippen LogP) is 0.729. The molecule has 1 aliphatic carbocycles. The summed E-state index contributed by atoms with van der Waals surface area (Å²) in [5.74, 6) is 0.0580. The molecule has 2 aliphatic rings.